The third-order valence-electron chi connectivity index (χ3n) is 2.35. The molecule has 2 rings (SSSR count). The zero-order chi connectivity index (χ0) is 10.1. The van der Waals surface area contributed by atoms with Crippen LogP contribution in [0.1, 0.15) is 10.4 Å². The number of carbonyl (C=O) groups excluding carboxylic acids is 1. The maximum atomic E-state index is 13.1. The Morgan fingerprint density at radius 2 is 2.21 bits per heavy atom. The van der Waals surface area contributed by atoms with Gasteiger partial charge in [0.05, 0.1) is 17.4 Å². The van der Waals surface area contributed by atoms with E-state index in [4.69, 9.17) is 5.11 Å². The van der Waals surface area contributed by atoms with Gasteiger partial charge in [-0.2, -0.15) is 0 Å². The standard InChI is InChI=1S/C10H10FNO2/c11-9-2-1-3-10(8(9)6-13)12-4-7(14)5-12/h1-3,6-7,14H,4-5H2. The zero-order valence-electron chi connectivity index (χ0n) is 7.48. The van der Waals surface area contributed by atoms with E-state index in [1.807, 2.05) is 0 Å². The number of aldehydes is 1. The minimum atomic E-state index is -0.515. The maximum Gasteiger partial charge on any atom is 0.155 e. The lowest BCUT2D eigenvalue weighted by atomic mass is 10.1. The van der Waals surface area contributed by atoms with E-state index in [-0.39, 0.29) is 11.7 Å². The highest BCUT2D eigenvalue weighted by Crippen LogP contribution is 2.25. The van der Waals surface area contributed by atoms with Gasteiger partial charge in [0.1, 0.15) is 5.82 Å². The van der Waals surface area contributed by atoms with Gasteiger partial charge in [-0.05, 0) is 12.1 Å². The van der Waals surface area contributed by atoms with Crippen LogP contribution in [0.25, 0.3) is 0 Å². The summed E-state index contributed by atoms with van der Waals surface area (Å²) >= 11 is 0. The van der Waals surface area contributed by atoms with E-state index in [1.165, 1.54) is 6.07 Å². The second-order valence-electron chi connectivity index (χ2n) is 3.35. The number of anilines is 1. The van der Waals surface area contributed by atoms with Gasteiger partial charge in [0.25, 0.3) is 0 Å². The fourth-order valence-corrected chi connectivity index (χ4v) is 1.57. The average Bonchev–Trinajstić information content (AvgIpc) is 2.13. The van der Waals surface area contributed by atoms with Gasteiger partial charge in [0, 0.05) is 13.1 Å². The van der Waals surface area contributed by atoms with Crippen LogP contribution in [0.3, 0.4) is 0 Å². The molecule has 0 amide bonds. The van der Waals surface area contributed by atoms with Crippen molar-refractivity contribution >= 4 is 12.0 Å². The van der Waals surface area contributed by atoms with Crippen LogP contribution in [0.5, 0.6) is 0 Å². The first-order chi connectivity index (χ1) is 6.72. The summed E-state index contributed by atoms with van der Waals surface area (Å²) in [7, 11) is 0. The lowest BCUT2D eigenvalue weighted by Crippen LogP contribution is -2.51. The summed E-state index contributed by atoms with van der Waals surface area (Å²) < 4.78 is 13.1. The Morgan fingerprint density at radius 1 is 1.50 bits per heavy atom. The summed E-state index contributed by atoms with van der Waals surface area (Å²) in [6.07, 6.45) is 0.146. The Balaban J connectivity index is 2.33. The minimum Gasteiger partial charge on any atom is -0.389 e. The van der Waals surface area contributed by atoms with Crippen LogP contribution in [0.15, 0.2) is 18.2 Å². The molecule has 0 aliphatic carbocycles. The quantitative estimate of drug-likeness (QED) is 0.710. The first-order valence-corrected chi connectivity index (χ1v) is 4.39. The summed E-state index contributed by atoms with van der Waals surface area (Å²) in [5, 5.41) is 9.09. The molecule has 3 nitrogen and oxygen atoms in total. The molecular formula is C10H10FNO2. The Morgan fingerprint density at radius 3 is 2.79 bits per heavy atom. The molecule has 0 bridgehead atoms. The molecule has 0 radical (unpaired) electrons. The third kappa shape index (κ3) is 1.37. The molecular weight excluding hydrogens is 185 g/mol. The largest absolute Gasteiger partial charge is 0.389 e. The van der Waals surface area contributed by atoms with Gasteiger partial charge in [-0.1, -0.05) is 6.07 Å². The van der Waals surface area contributed by atoms with Crippen LogP contribution in [-0.4, -0.2) is 30.6 Å². The highest BCUT2D eigenvalue weighted by atomic mass is 19.1. The number of nitrogens with zero attached hydrogens (tertiary/aromatic N) is 1. The first-order valence-electron chi connectivity index (χ1n) is 4.39. The number of hydrogen-bond donors (Lipinski definition) is 1. The molecule has 4 heteroatoms. The highest BCUT2D eigenvalue weighted by molar-refractivity contribution is 5.85. The Kier molecular flexibility index (Phi) is 2.21. The molecule has 14 heavy (non-hydrogen) atoms. The van der Waals surface area contributed by atoms with Crippen LogP contribution in [0.4, 0.5) is 10.1 Å². The van der Waals surface area contributed by atoms with Gasteiger partial charge in [0.15, 0.2) is 6.29 Å². The molecule has 1 aliphatic heterocycles. The van der Waals surface area contributed by atoms with Crippen molar-refractivity contribution in [1.29, 1.82) is 0 Å². The second kappa shape index (κ2) is 3.38. The monoisotopic (exact) mass is 195 g/mol. The molecule has 0 atom stereocenters. The summed E-state index contributed by atoms with van der Waals surface area (Å²) in [5.41, 5.74) is 0.629. The van der Waals surface area contributed by atoms with Gasteiger partial charge in [-0.15, -0.1) is 0 Å². The fourth-order valence-electron chi connectivity index (χ4n) is 1.57. The lowest BCUT2D eigenvalue weighted by molar-refractivity contribution is 0.111. The SMILES string of the molecule is O=Cc1c(F)cccc1N1CC(O)C1. The normalized spacial score (nSPS) is 16.6. The number of hydrogen-bond acceptors (Lipinski definition) is 3. The van der Waals surface area contributed by atoms with E-state index in [1.54, 1.807) is 17.0 Å². The summed E-state index contributed by atoms with van der Waals surface area (Å²) in [6.45, 7) is 0.925. The van der Waals surface area contributed by atoms with E-state index >= 15 is 0 Å². The summed E-state index contributed by atoms with van der Waals surface area (Å²) in [5.74, 6) is -0.515. The van der Waals surface area contributed by atoms with Crippen molar-refractivity contribution in [2.75, 3.05) is 18.0 Å². The third-order valence-corrected chi connectivity index (χ3v) is 2.35. The number of carbonyl (C=O) groups is 1. The summed E-state index contributed by atoms with van der Waals surface area (Å²) in [4.78, 5) is 12.4. The molecule has 1 heterocycles. The van der Waals surface area contributed by atoms with Gasteiger partial charge >= 0.3 is 0 Å². The van der Waals surface area contributed by atoms with Crippen molar-refractivity contribution in [1.82, 2.24) is 0 Å². The highest BCUT2D eigenvalue weighted by Gasteiger charge is 2.26. The smallest absolute Gasteiger partial charge is 0.155 e. The number of aliphatic hydroxyl groups is 1. The Hall–Kier alpha value is -1.42. The molecule has 1 aromatic rings. The van der Waals surface area contributed by atoms with Crippen molar-refractivity contribution in [3.63, 3.8) is 0 Å². The van der Waals surface area contributed by atoms with Crippen LogP contribution >= 0.6 is 0 Å². The minimum absolute atomic E-state index is 0.0689. The van der Waals surface area contributed by atoms with E-state index in [9.17, 15) is 9.18 Å². The van der Waals surface area contributed by atoms with E-state index in [0.29, 0.717) is 25.1 Å². The number of benzene rings is 1. The van der Waals surface area contributed by atoms with E-state index < -0.39 is 5.82 Å². The molecule has 1 N–H and O–H groups in total. The van der Waals surface area contributed by atoms with Gasteiger partial charge < -0.3 is 10.0 Å². The Bertz CT molecular complexity index is 361. The van der Waals surface area contributed by atoms with E-state index in [0.717, 1.165) is 0 Å². The van der Waals surface area contributed by atoms with Crippen LogP contribution in [-0.2, 0) is 0 Å². The van der Waals surface area contributed by atoms with Crippen LogP contribution < -0.4 is 4.90 Å². The molecule has 0 spiro atoms. The van der Waals surface area contributed by atoms with Crippen LogP contribution in [0, 0.1) is 5.82 Å². The number of halogens is 1. The van der Waals surface area contributed by atoms with Crippen molar-refractivity contribution in [3.8, 4) is 0 Å². The predicted molar refractivity (Wildman–Crippen MR) is 50.0 cm³/mol. The molecule has 1 aliphatic rings. The van der Waals surface area contributed by atoms with Crippen molar-refractivity contribution in [3.05, 3.63) is 29.6 Å². The number of aliphatic hydroxyl groups excluding tert-OH is 1. The van der Waals surface area contributed by atoms with Crippen molar-refractivity contribution in [2.24, 2.45) is 0 Å². The second-order valence-corrected chi connectivity index (χ2v) is 3.35. The fraction of sp³-hybridized carbons (Fsp3) is 0.300. The first kappa shape index (κ1) is 9.15. The number of rotatable bonds is 2. The molecule has 0 saturated carbocycles. The predicted octanol–water partition coefficient (Wildman–Crippen LogP) is 0.819. The average molecular weight is 195 g/mol. The van der Waals surface area contributed by atoms with Gasteiger partial charge in [-0.3, -0.25) is 4.79 Å². The molecule has 1 fully saturated rings. The zero-order valence-corrected chi connectivity index (χ0v) is 7.48. The van der Waals surface area contributed by atoms with E-state index in [2.05, 4.69) is 0 Å². The van der Waals surface area contributed by atoms with Crippen LogP contribution in [0.2, 0.25) is 0 Å². The summed E-state index contributed by atoms with van der Waals surface area (Å²) in [6, 6.07) is 4.49. The maximum absolute atomic E-state index is 13.1. The Labute approximate surface area is 80.8 Å². The van der Waals surface area contributed by atoms with Gasteiger partial charge in [-0.25, -0.2) is 4.39 Å². The van der Waals surface area contributed by atoms with Gasteiger partial charge in [0.2, 0.25) is 0 Å². The molecule has 1 saturated heterocycles. The lowest BCUT2D eigenvalue weighted by Gasteiger charge is -2.38. The molecule has 74 valence electrons. The van der Waals surface area contributed by atoms with Crippen molar-refractivity contribution in [2.45, 2.75) is 6.10 Å². The topological polar surface area (TPSA) is 40.5 Å². The molecule has 0 unspecified atom stereocenters. The molecule has 0 aromatic heterocycles. The van der Waals surface area contributed by atoms with Crippen molar-refractivity contribution < 1.29 is 14.3 Å². The molecule has 1 aromatic carbocycles. The number of β-amino-alcohol motifs (C(OH)–C–C–N with tert-alkyl or cyclic N) is 1.